The SMILES string of the molecule is CCn1c(-c2ccc(F)c(Cl)c2)nn([C@@H]2O[C@H](CO)[C@@H](O)[C@H](O)[C@H]2NC(C)=O)c1=S. The highest BCUT2D eigenvalue weighted by atomic mass is 35.5. The Morgan fingerprint density at radius 2 is 2.10 bits per heavy atom. The van der Waals surface area contributed by atoms with Crippen LogP contribution in [0.1, 0.15) is 20.1 Å². The first-order chi connectivity index (χ1) is 14.2. The van der Waals surface area contributed by atoms with Gasteiger partial charge in [0.2, 0.25) is 10.7 Å². The molecule has 5 atom stereocenters. The Hall–Kier alpha value is -1.89. The summed E-state index contributed by atoms with van der Waals surface area (Å²) >= 11 is 11.4. The molecule has 0 bridgehead atoms. The van der Waals surface area contributed by atoms with Gasteiger partial charge in [0, 0.05) is 19.0 Å². The normalized spacial score (nSPS) is 26.6. The molecule has 0 unspecified atom stereocenters. The summed E-state index contributed by atoms with van der Waals surface area (Å²) in [6, 6.07) is 3.03. The van der Waals surface area contributed by atoms with Gasteiger partial charge in [0.05, 0.1) is 11.6 Å². The Balaban J connectivity index is 2.12. The number of nitrogens with one attached hydrogen (secondary N) is 1. The molecule has 0 radical (unpaired) electrons. The maximum Gasteiger partial charge on any atom is 0.217 e. The third-order valence-electron chi connectivity index (χ3n) is 4.89. The summed E-state index contributed by atoms with van der Waals surface area (Å²) in [7, 11) is 0. The molecule has 164 valence electrons. The monoisotopic (exact) mass is 460 g/mol. The van der Waals surface area contributed by atoms with Crippen molar-refractivity contribution < 1.29 is 29.2 Å². The van der Waals surface area contributed by atoms with Crippen LogP contribution < -0.4 is 5.32 Å². The van der Waals surface area contributed by atoms with E-state index < -0.39 is 48.9 Å². The molecule has 2 aromatic rings. The standard InChI is InChI=1S/C18H22ClFN4O5S/c1-3-23-16(9-4-5-11(20)10(19)6-9)22-24(18(23)30)17-13(21-8(2)26)15(28)14(27)12(7-25)29-17/h4-6,12-15,17,25,27-28H,3,7H2,1-2H3,(H,21,26)/t12-,13-,14-,15-,17-/m1/s1. The smallest absolute Gasteiger partial charge is 0.217 e. The number of benzene rings is 1. The van der Waals surface area contributed by atoms with Gasteiger partial charge < -0.3 is 29.9 Å². The molecule has 1 amide bonds. The number of rotatable bonds is 5. The van der Waals surface area contributed by atoms with E-state index in [0.29, 0.717) is 17.9 Å². The Morgan fingerprint density at radius 1 is 1.40 bits per heavy atom. The summed E-state index contributed by atoms with van der Waals surface area (Å²) in [5.74, 6) is -0.671. The van der Waals surface area contributed by atoms with E-state index >= 15 is 0 Å². The van der Waals surface area contributed by atoms with Crippen molar-refractivity contribution >= 4 is 29.7 Å². The second kappa shape index (κ2) is 9.08. The Labute approximate surface area is 181 Å². The van der Waals surface area contributed by atoms with Gasteiger partial charge in [-0.1, -0.05) is 11.6 Å². The van der Waals surface area contributed by atoms with E-state index in [1.807, 2.05) is 6.92 Å². The van der Waals surface area contributed by atoms with E-state index in [4.69, 9.17) is 28.6 Å². The van der Waals surface area contributed by atoms with Gasteiger partial charge in [-0.2, -0.15) is 0 Å². The van der Waals surface area contributed by atoms with Crippen molar-refractivity contribution in [3.8, 4) is 11.4 Å². The number of ether oxygens (including phenoxy) is 1. The maximum atomic E-state index is 13.6. The molecule has 0 saturated carbocycles. The zero-order valence-corrected chi connectivity index (χ0v) is 17.8. The van der Waals surface area contributed by atoms with Crippen LogP contribution in [0, 0.1) is 10.6 Å². The molecule has 1 aliphatic rings. The number of amides is 1. The molecule has 1 aromatic carbocycles. The van der Waals surface area contributed by atoms with Crippen molar-refractivity contribution in [1.82, 2.24) is 19.7 Å². The fourth-order valence-corrected chi connectivity index (χ4v) is 3.95. The Morgan fingerprint density at radius 3 is 2.67 bits per heavy atom. The number of aliphatic hydroxyl groups is 3. The van der Waals surface area contributed by atoms with Crippen LogP contribution in [-0.4, -0.2) is 66.5 Å². The number of halogens is 2. The number of hydrogen-bond donors (Lipinski definition) is 4. The van der Waals surface area contributed by atoms with Crippen molar-refractivity contribution in [2.45, 2.75) is 51.0 Å². The van der Waals surface area contributed by atoms with Gasteiger partial charge in [0.15, 0.2) is 12.1 Å². The number of carbonyl (C=O) groups is 1. The lowest BCUT2D eigenvalue weighted by atomic mass is 9.96. The van der Waals surface area contributed by atoms with Gasteiger partial charge in [0.1, 0.15) is 30.2 Å². The molecule has 4 N–H and O–H groups in total. The van der Waals surface area contributed by atoms with E-state index in [0.717, 1.165) is 0 Å². The summed E-state index contributed by atoms with van der Waals surface area (Å²) in [5.41, 5.74) is 0.499. The molecular weight excluding hydrogens is 439 g/mol. The topological polar surface area (TPSA) is 122 Å². The number of aliphatic hydroxyl groups excluding tert-OH is 3. The first-order valence-electron chi connectivity index (χ1n) is 9.23. The van der Waals surface area contributed by atoms with Crippen molar-refractivity contribution in [1.29, 1.82) is 0 Å². The molecule has 1 fully saturated rings. The third kappa shape index (κ3) is 4.13. The van der Waals surface area contributed by atoms with E-state index in [9.17, 15) is 24.5 Å². The van der Waals surface area contributed by atoms with Crippen molar-refractivity contribution in [2.75, 3.05) is 6.61 Å². The molecule has 2 heterocycles. The van der Waals surface area contributed by atoms with Crippen LogP contribution >= 0.6 is 23.8 Å². The largest absolute Gasteiger partial charge is 0.394 e. The minimum absolute atomic E-state index is 0.0838. The molecule has 1 aliphatic heterocycles. The Bertz CT molecular complexity index is 999. The molecule has 30 heavy (non-hydrogen) atoms. The van der Waals surface area contributed by atoms with Crippen LogP contribution in [-0.2, 0) is 16.1 Å². The lowest BCUT2D eigenvalue weighted by Crippen LogP contribution is -2.62. The molecule has 1 aromatic heterocycles. The van der Waals surface area contributed by atoms with E-state index in [1.165, 1.54) is 29.8 Å². The summed E-state index contributed by atoms with van der Waals surface area (Å²) in [6.07, 6.45) is -5.10. The molecule has 9 nitrogen and oxygen atoms in total. The number of carbonyl (C=O) groups excluding carboxylic acids is 1. The average molecular weight is 461 g/mol. The van der Waals surface area contributed by atoms with Crippen LogP contribution in [0.4, 0.5) is 4.39 Å². The number of hydrogen-bond acceptors (Lipinski definition) is 7. The second-order valence-corrected chi connectivity index (χ2v) is 7.65. The summed E-state index contributed by atoms with van der Waals surface area (Å²) in [5, 5.41) is 37.2. The zero-order valence-electron chi connectivity index (χ0n) is 16.2. The fraction of sp³-hybridized carbons (Fsp3) is 0.500. The highest BCUT2D eigenvalue weighted by Gasteiger charge is 2.46. The third-order valence-corrected chi connectivity index (χ3v) is 5.59. The molecule has 3 rings (SSSR count). The molecule has 0 aliphatic carbocycles. The van der Waals surface area contributed by atoms with Crippen LogP contribution in [0.5, 0.6) is 0 Å². The van der Waals surface area contributed by atoms with Gasteiger partial charge in [-0.25, -0.2) is 9.07 Å². The first kappa shape index (κ1) is 22.8. The highest BCUT2D eigenvalue weighted by molar-refractivity contribution is 7.71. The first-order valence-corrected chi connectivity index (χ1v) is 10.0. The minimum Gasteiger partial charge on any atom is -0.394 e. The maximum absolute atomic E-state index is 13.6. The molecule has 1 saturated heterocycles. The van der Waals surface area contributed by atoms with Crippen LogP contribution in [0.15, 0.2) is 18.2 Å². The Kier molecular flexibility index (Phi) is 6.90. The van der Waals surface area contributed by atoms with Gasteiger partial charge in [-0.3, -0.25) is 4.79 Å². The summed E-state index contributed by atoms with van der Waals surface area (Å²) in [6.45, 7) is 2.93. The lowest BCUT2D eigenvalue weighted by Gasteiger charge is -2.42. The molecular formula is C18H22ClFN4O5S. The van der Waals surface area contributed by atoms with Crippen molar-refractivity contribution in [3.63, 3.8) is 0 Å². The van der Waals surface area contributed by atoms with Crippen LogP contribution in [0.2, 0.25) is 5.02 Å². The van der Waals surface area contributed by atoms with E-state index in [-0.39, 0.29) is 9.79 Å². The van der Waals surface area contributed by atoms with E-state index in [2.05, 4.69) is 10.4 Å². The minimum atomic E-state index is -1.44. The van der Waals surface area contributed by atoms with E-state index in [1.54, 1.807) is 4.57 Å². The van der Waals surface area contributed by atoms with Gasteiger partial charge >= 0.3 is 0 Å². The predicted octanol–water partition coefficient (Wildman–Crippen LogP) is 1.01. The number of nitrogens with zero attached hydrogens (tertiary/aromatic N) is 3. The van der Waals surface area contributed by atoms with Crippen LogP contribution in [0.25, 0.3) is 11.4 Å². The van der Waals surface area contributed by atoms with Crippen molar-refractivity contribution in [2.24, 2.45) is 0 Å². The van der Waals surface area contributed by atoms with Crippen molar-refractivity contribution in [3.05, 3.63) is 33.8 Å². The predicted molar refractivity (Wildman–Crippen MR) is 108 cm³/mol. The summed E-state index contributed by atoms with van der Waals surface area (Å²) in [4.78, 5) is 11.7. The van der Waals surface area contributed by atoms with Gasteiger partial charge in [-0.05, 0) is 37.3 Å². The van der Waals surface area contributed by atoms with Crippen LogP contribution in [0.3, 0.4) is 0 Å². The molecule has 0 spiro atoms. The zero-order chi connectivity index (χ0) is 22.2. The molecule has 12 heteroatoms. The lowest BCUT2D eigenvalue weighted by molar-refractivity contribution is -0.219. The summed E-state index contributed by atoms with van der Waals surface area (Å²) < 4.78 is 22.5. The average Bonchev–Trinajstić information content (AvgIpc) is 3.04. The highest BCUT2D eigenvalue weighted by Crippen LogP contribution is 2.31. The van der Waals surface area contributed by atoms with Gasteiger partial charge in [0.25, 0.3) is 0 Å². The number of aromatic nitrogens is 3. The second-order valence-electron chi connectivity index (χ2n) is 6.88. The quantitative estimate of drug-likeness (QED) is 0.491. The van der Waals surface area contributed by atoms with Gasteiger partial charge in [-0.15, -0.1) is 5.10 Å². The fourth-order valence-electron chi connectivity index (χ4n) is 3.41.